The highest BCUT2D eigenvalue weighted by Gasteiger charge is 2.27. The molecule has 1 N–H and O–H groups in total. The van der Waals surface area contributed by atoms with Gasteiger partial charge in [0, 0.05) is 6.54 Å². The van der Waals surface area contributed by atoms with E-state index in [-0.39, 0.29) is 6.04 Å². The van der Waals surface area contributed by atoms with Crippen LogP contribution in [-0.4, -0.2) is 46.8 Å². The maximum absolute atomic E-state index is 11.3. The standard InChI is InChI=1S/C14H17N3O3S/c1-3-9-6-20-5-4-17(9)12-10-8(2)11(14(18)19)21-13(10)16-7-15-12/h7,9H,3-6H2,1-2H3,(H,18,19). The maximum atomic E-state index is 11.3. The molecule has 0 aromatic carbocycles. The smallest absolute Gasteiger partial charge is 0.346 e. The number of nitrogens with zero attached hydrogens (tertiary/aromatic N) is 3. The van der Waals surface area contributed by atoms with Crippen LogP contribution in [0.15, 0.2) is 6.33 Å². The second kappa shape index (κ2) is 5.57. The van der Waals surface area contributed by atoms with Gasteiger partial charge in [-0.2, -0.15) is 0 Å². The van der Waals surface area contributed by atoms with Gasteiger partial charge in [-0.15, -0.1) is 11.3 Å². The van der Waals surface area contributed by atoms with E-state index in [9.17, 15) is 9.90 Å². The first kappa shape index (κ1) is 14.2. The van der Waals surface area contributed by atoms with Crippen molar-refractivity contribution in [1.29, 1.82) is 0 Å². The summed E-state index contributed by atoms with van der Waals surface area (Å²) in [6, 6.07) is 0.268. The van der Waals surface area contributed by atoms with Gasteiger partial charge in [0.2, 0.25) is 0 Å². The minimum atomic E-state index is -0.907. The number of fused-ring (bicyclic) bond motifs is 1. The molecule has 0 bridgehead atoms. The lowest BCUT2D eigenvalue weighted by atomic mass is 10.1. The number of aryl methyl sites for hydroxylation is 1. The van der Waals surface area contributed by atoms with Crippen molar-refractivity contribution in [2.24, 2.45) is 0 Å². The van der Waals surface area contributed by atoms with Crippen LogP contribution in [0.25, 0.3) is 10.2 Å². The normalized spacial score (nSPS) is 19.1. The first-order chi connectivity index (χ1) is 10.1. The fraction of sp³-hybridized carbons (Fsp3) is 0.500. The van der Waals surface area contributed by atoms with Gasteiger partial charge >= 0.3 is 5.97 Å². The monoisotopic (exact) mass is 307 g/mol. The molecule has 112 valence electrons. The van der Waals surface area contributed by atoms with Crippen LogP contribution in [0.4, 0.5) is 5.82 Å². The van der Waals surface area contributed by atoms with Gasteiger partial charge in [-0.25, -0.2) is 14.8 Å². The molecule has 1 aliphatic rings. The number of thiophene rings is 1. The van der Waals surface area contributed by atoms with Crippen molar-refractivity contribution >= 4 is 33.3 Å². The molecular formula is C14H17N3O3S. The van der Waals surface area contributed by atoms with E-state index in [2.05, 4.69) is 21.8 Å². The van der Waals surface area contributed by atoms with Gasteiger partial charge in [0.05, 0.1) is 24.6 Å². The Morgan fingerprint density at radius 3 is 3.10 bits per heavy atom. The molecule has 3 heterocycles. The van der Waals surface area contributed by atoms with Gasteiger partial charge in [-0.3, -0.25) is 0 Å². The Bertz CT molecular complexity index is 685. The fourth-order valence-electron chi connectivity index (χ4n) is 2.75. The molecule has 21 heavy (non-hydrogen) atoms. The molecule has 7 heteroatoms. The third kappa shape index (κ3) is 2.36. The highest BCUT2D eigenvalue weighted by molar-refractivity contribution is 7.20. The van der Waals surface area contributed by atoms with Gasteiger partial charge in [0.1, 0.15) is 21.9 Å². The second-order valence-electron chi connectivity index (χ2n) is 5.07. The lowest BCUT2D eigenvalue weighted by Crippen LogP contribution is -2.45. The van der Waals surface area contributed by atoms with Crippen LogP contribution >= 0.6 is 11.3 Å². The molecule has 1 fully saturated rings. The van der Waals surface area contributed by atoms with Crippen LogP contribution < -0.4 is 4.90 Å². The summed E-state index contributed by atoms with van der Waals surface area (Å²) in [6.07, 6.45) is 2.47. The summed E-state index contributed by atoms with van der Waals surface area (Å²) in [5, 5.41) is 10.2. The lowest BCUT2D eigenvalue weighted by molar-refractivity contribution is 0.0701. The molecule has 2 aromatic heterocycles. The average Bonchev–Trinajstić information content (AvgIpc) is 2.85. The lowest BCUT2D eigenvalue weighted by Gasteiger charge is -2.36. The predicted octanol–water partition coefficient (Wildman–Crippen LogP) is 2.31. The van der Waals surface area contributed by atoms with E-state index >= 15 is 0 Å². The van der Waals surface area contributed by atoms with Gasteiger partial charge in [0.15, 0.2) is 0 Å². The van der Waals surface area contributed by atoms with Crippen LogP contribution in [0.3, 0.4) is 0 Å². The summed E-state index contributed by atoms with van der Waals surface area (Å²) in [7, 11) is 0. The molecule has 0 spiro atoms. The number of ether oxygens (including phenoxy) is 1. The number of anilines is 1. The quantitative estimate of drug-likeness (QED) is 0.938. The Hall–Kier alpha value is -1.73. The third-order valence-corrected chi connectivity index (χ3v) is 5.06. The van der Waals surface area contributed by atoms with Crippen molar-refractivity contribution in [3.8, 4) is 0 Å². The SMILES string of the molecule is CCC1COCCN1c1ncnc2sc(C(=O)O)c(C)c12. The molecule has 1 atom stereocenters. The van der Waals surface area contributed by atoms with E-state index in [1.165, 1.54) is 17.7 Å². The van der Waals surface area contributed by atoms with Crippen molar-refractivity contribution in [1.82, 2.24) is 9.97 Å². The summed E-state index contributed by atoms with van der Waals surface area (Å²) in [5.41, 5.74) is 0.749. The first-order valence-corrected chi connectivity index (χ1v) is 7.77. The van der Waals surface area contributed by atoms with E-state index in [4.69, 9.17) is 4.74 Å². The van der Waals surface area contributed by atoms with E-state index in [1.807, 2.05) is 6.92 Å². The number of aromatic nitrogens is 2. The minimum Gasteiger partial charge on any atom is -0.477 e. The molecule has 6 nitrogen and oxygen atoms in total. The number of hydrogen-bond donors (Lipinski definition) is 1. The average molecular weight is 307 g/mol. The molecule has 0 radical (unpaired) electrons. The number of hydrogen-bond acceptors (Lipinski definition) is 6. The summed E-state index contributed by atoms with van der Waals surface area (Å²) >= 11 is 1.21. The van der Waals surface area contributed by atoms with Crippen LogP contribution in [0.1, 0.15) is 28.6 Å². The number of carboxylic acids is 1. The first-order valence-electron chi connectivity index (χ1n) is 6.95. The fourth-order valence-corrected chi connectivity index (χ4v) is 3.73. The van der Waals surface area contributed by atoms with Crippen molar-refractivity contribution in [3.63, 3.8) is 0 Å². The summed E-state index contributed by atoms with van der Waals surface area (Å²) in [4.78, 5) is 23.3. The Labute approximate surface area is 126 Å². The molecule has 2 aromatic rings. The summed E-state index contributed by atoms with van der Waals surface area (Å²) < 4.78 is 5.53. The molecule has 3 rings (SSSR count). The molecule has 1 unspecified atom stereocenters. The highest BCUT2D eigenvalue weighted by Crippen LogP contribution is 2.36. The van der Waals surface area contributed by atoms with Crippen LogP contribution in [0.5, 0.6) is 0 Å². The largest absolute Gasteiger partial charge is 0.477 e. The van der Waals surface area contributed by atoms with Gasteiger partial charge in [-0.1, -0.05) is 6.92 Å². The number of morpholine rings is 1. The number of rotatable bonds is 3. The van der Waals surface area contributed by atoms with Gasteiger partial charge in [0.25, 0.3) is 0 Å². The molecule has 0 saturated carbocycles. The third-order valence-electron chi connectivity index (χ3n) is 3.87. The van der Waals surface area contributed by atoms with E-state index < -0.39 is 5.97 Å². The zero-order chi connectivity index (χ0) is 15.0. The zero-order valence-corrected chi connectivity index (χ0v) is 12.8. The van der Waals surface area contributed by atoms with Crippen molar-refractivity contribution in [2.45, 2.75) is 26.3 Å². The zero-order valence-electron chi connectivity index (χ0n) is 12.0. The summed E-state index contributed by atoms with van der Waals surface area (Å²) in [5.74, 6) is -0.0770. The maximum Gasteiger partial charge on any atom is 0.346 e. The molecule has 1 aliphatic heterocycles. The highest BCUT2D eigenvalue weighted by atomic mass is 32.1. The molecule has 0 aliphatic carbocycles. The molecule has 0 amide bonds. The van der Waals surface area contributed by atoms with Crippen molar-refractivity contribution in [2.75, 3.05) is 24.7 Å². The van der Waals surface area contributed by atoms with Crippen molar-refractivity contribution in [3.05, 3.63) is 16.8 Å². The number of carboxylic acid groups (broad SMARTS) is 1. The topological polar surface area (TPSA) is 75.5 Å². The van der Waals surface area contributed by atoms with E-state index in [0.717, 1.165) is 34.6 Å². The van der Waals surface area contributed by atoms with E-state index in [0.29, 0.717) is 18.1 Å². The second-order valence-corrected chi connectivity index (χ2v) is 6.07. The minimum absolute atomic E-state index is 0.268. The Morgan fingerprint density at radius 2 is 2.38 bits per heavy atom. The van der Waals surface area contributed by atoms with Crippen LogP contribution in [0.2, 0.25) is 0 Å². The van der Waals surface area contributed by atoms with Gasteiger partial charge < -0.3 is 14.7 Å². The predicted molar refractivity (Wildman–Crippen MR) is 81.4 cm³/mol. The summed E-state index contributed by atoms with van der Waals surface area (Å²) in [6.45, 7) is 6.06. The van der Waals surface area contributed by atoms with Crippen molar-refractivity contribution < 1.29 is 14.6 Å². The van der Waals surface area contributed by atoms with Crippen LogP contribution in [0, 0.1) is 6.92 Å². The Morgan fingerprint density at radius 1 is 1.57 bits per heavy atom. The Kier molecular flexibility index (Phi) is 3.77. The molecular weight excluding hydrogens is 290 g/mol. The van der Waals surface area contributed by atoms with Gasteiger partial charge in [-0.05, 0) is 18.9 Å². The molecule has 1 saturated heterocycles. The number of aromatic carboxylic acids is 1. The van der Waals surface area contributed by atoms with Crippen LogP contribution in [-0.2, 0) is 4.74 Å². The van der Waals surface area contributed by atoms with E-state index in [1.54, 1.807) is 0 Å². The Balaban J connectivity index is 2.16. The number of carbonyl (C=O) groups is 1.